The maximum Gasteiger partial charge on any atom is 0.302 e. The summed E-state index contributed by atoms with van der Waals surface area (Å²) < 4.78 is 17.1. The Labute approximate surface area is 190 Å². The molecule has 0 aromatic heterocycles. The van der Waals surface area contributed by atoms with Crippen molar-refractivity contribution in [3.8, 4) is 0 Å². The first-order chi connectivity index (χ1) is 14.9. The summed E-state index contributed by atoms with van der Waals surface area (Å²) in [5.41, 5.74) is -1.73. The summed E-state index contributed by atoms with van der Waals surface area (Å²) in [5, 5.41) is 12.4. The highest BCUT2D eigenvalue weighted by Gasteiger charge is 2.70. The number of carbonyl (C=O) groups excluding carboxylic acids is 3. The molecule has 7 nitrogen and oxygen atoms in total. The summed E-state index contributed by atoms with van der Waals surface area (Å²) in [7, 11) is 0. The first-order valence-corrected chi connectivity index (χ1v) is 12.2. The number of ether oxygens (including phenoxy) is 3. The second-order valence-corrected chi connectivity index (χ2v) is 11.2. The van der Waals surface area contributed by atoms with E-state index in [1.165, 1.54) is 20.8 Å². The molecule has 9 atom stereocenters. The Morgan fingerprint density at radius 3 is 1.97 bits per heavy atom. The fourth-order valence-electron chi connectivity index (χ4n) is 8.25. The molecule has 0 radical (unpaired) electrons. The molecule has 4 saturated carbocycles. The maximum absolute atomic E-state index is 12.4. The molecule has 1 N–H and O–H groups in total. The molecule has 0 aromatic rings. The minimum atomic E-state index is -0.980. The Bertz CT molecular complexity index is 795. The highest BCUT2D eigenvalue weighted by Crippen LogP contribution is 2.68. The van der Waals surface area contributed by atoms with Crippen LogP contribution in [0.4, 0.5) is 0 Å². The molecule has 4 aliphatic carbocycles. The van der Waals surface area contributed by atoms with Gasteiger partial charge >= 0.3 is 17.9 Å². The topological polar surface area (TPSA) is 99.1 Å². The van der Waals surface area contributed by atoms with Crippen molar-refractivity contribution in [1.82, 2.24) is 0 Å². The van der Waals surface area contributed by atoms with Crippen molar-refractivity contribution in [3.05, 3.63) is 0 Å². The molecule has 4 rings (SSSR count). The minimum Gasteiger partial charge on any atom is -0.462 e. The molecule has 32 heavy (non-hydrogen) atoms. The molecule has 9 unspecified atom stereocenters. The van der Waals surface area contributed by atoms with Crippen LogP contribution in [0.1, 0.15) is 86.0 Å². The summed E-state index contributed by atoms with van der Waals surface area (Å²) in [6.45, 7) is 8.57. The normalized spacial score (nSPS) is 47.4. The van der Waals surface area contributed by atoms with Gasteiger partial charge in [0.25, 0.3) is 0 Å². The van der Waals surface area contributed by atoms with Gasteiger partial charge in [0.15, 0.2) is 0 Å². The van der Waals surface area contributed by atoms with Gasteiger partial charge in [0.1, 0.15) is 18.3 Å². The van der Waals surface area contributed by atoms with Crippen molar-refractivity contribution in [2.24, 2.45) is 28.6 Å². The van der Waals surface area contributed by atoms with Crippen LogP contribution in [0.15, 0.2) is 0 Å². The van der Waals surface area contributed by atoms with E-state index in [1.807, 2.05) is 0 Å². The molecule has 0 spiro atoms. The molecule has 7 heteroatoms. The van der Waals surface area contributed by atoms with E-state index in [0.717, 1.165) is 32.1 Å². The number of carbonyl (C=O) groups is 3. The lowest BCUT2D eigenvalue weighted by Gasteiger charge is -2.66. The third-order valence-corrected chi connectivity index (χ3v) is 9.72. The second kappa shape index (κ2) is 8.00. The average Bonchev–Trinajstić information content (AvgIpc) is 2.99. The van der Waals surface area contributed by atoms with Gasteiger partial charge in [-0.25, -0.2) is 0 Å². The van der Waals surface area contributed by atoms with E-state index >= 15 is 0 Å². The molecule has 4 fully saturated rings. The SMILES string of the molecule is CC(=O)OC1CC2CCC3C4CCC(OC(C)=O)C4(C)CCC3(O)C2(C)C(OC(C)=O)C1. The quantitative estimate of drug-likeness (QED) is 0.518. The highest BCUT2D eigenvalue weighted by atomic mass is 16.6. The summed E-state index contributed by atoms with van der Waals surface area (Å²) in [6.07, 6.45) is 5.06. The van der Waals surface area contributed by atoms with Crippen molar-refractivity contribution >= 4 is 17.9 Å². The molecule has 0 heterocycles. The third kappa shape index (κ3) is 3.46. The first kappa shape index (κ1) is 23.5. The Balaban J connectivity index is 1.67. The van der Waals surface area contributed by atoms with Crippen molar-refractivity contribution in [3.63, 3.8) is 0 Å². The fraction of sp³-hybridized carbons (Fsp3) is 0.880. The van der Waals surface area contributed by atoms with Crippen molar-refractivity contribution < 1.29 is 33.7 Å². The predicted molar refractivity (Wildman–Crippen MR) is 115 cm³/mol. The van der Waals surface area contributed by atoms with E-state index in [9.17, 15) is 19.5 Å². The summed E-state index contributed by atoms with van der Waals surface area (Å²) in [4.78, 5) is 35.4. The zero-order valence-corrected chi connectivity index (χ0v) is 20.0. The zero-order valence-electron chi connectivity index (χ0n) is 20.0. The number of hydrogen-bond donors (Lipinski definition) is 1. The number of fused-ring (bicyclic) bond motifs is 5. The molecule has 180 valence electrons. The molecule has 0 saturated heterocycles. The summed E-state index contributed by atoms with van der Waals surface area (Å²) >= 11 is 0. The van der Waals surface area contributed by atoms with Crippen LogP contribution in [-0.4, -0.2) is 46.9 Å². The Morgan fingerprint density at radius 2 is 1.34 bits per heavy atom. The lowest BCUT2D eigenvalue weighted by molar-refractivity contribution is -0.277. The van der Waals surface area contributed by atoms with E-state index in [4.69, 9.17) is 14.2 Å². The van der Waals surface area contributed by atoms with E-state index in [-0.39, 0.29) is 53.3 Å². The Kier molecular flexibility index (Phi) is 5.88. The molecule has 0 bridgehead atoms. The molecule has 0 amide bonds. The lowest BCUT2D eigenvalue weighted by Crippen LogP contribution is -2.70. The standard InChI is InChI=1S/C25H38O7/c1-14(26)30-18-12-17-6-7-20-19-8-9-21(31-15(2)27)23(19,4)10-11-25(20,29)24(17,5)22(13-18)32-16(3)28/h17-22,29H,6-13H2,1-5H3. The molecular formula is C25H38O7. The van der Waals surface area contributed by atoms with Crippen LogP contribution in [0, 0.1) is 28.6 Å². The van der Waals surface area contributed by atoms with Crippen molar-refractivity contribution in [2.45, 2.75) is 110 Å². The van der Waals surface area contributed by atoms with Gasteiger partial charge in [-0.05, 0) is 62.7 Å². The van der Waals surface area contributed by atoms with Gasteiger partial charge in [0.2, 0.25) is 0 Å². The van der Waals surface area contributed by atoms with E-state index in [0.29, 0.717) is 19.3 Å². The maximum atomic E-state index is 12.4. The van der Waals surface area contributed by atoms with Crippen molar-refractivity contribution in [1.29, 1.82) is 0 Å². The third-order valence-electron chi connectivity index (χ3n) is 9.72. The smallest absolute Gasteiger partial charge is 0.302 e. The Morgan fingerprint density at radius 1 is 0.750 bits per heavy atom. The van der Waals surface area contributed by atoms with Crippen LogP contribution in [-0.2, 0) is 28.6 Å². The van der Waals surface area contributed by atoms with Gasteiger partial charge in [-0.1, -0.05) is 13.8 Å². The predicted octanol–water partition coefficient (Wildman–Crippen LogP) is 3.55. The van der Waals surface area contributed by atoms with Gasteiger partial charge in [-0.3, -0.25) is 14.4 Å². The van der Waals surface area contributed by atoms with E-state index in [2.05, 4.69) is 13.8 Å². The van der Waals surface area contributed by atoms with Crippen LogP contribution in [0.3, 0.4) is 0 Å². The van der Waals surface area contributed by atoms with Gasteiger partial charge < -0.3 is 19.3 Å². The van der Waals surface area contributed by atoms with Crippen LogP contribution in [0.2, 0.25) is 0 Å². The van der Waals surface area contributed by atoms with Gasteiger partial charge in [-0.15, -0.1) is 0 Å². The minimum absolute atomic E-state index is 0.0615. The van der Waals surface area contributed by atoms with Crippen LogP contribution in [0.25, 0.3) is 0 Å². The molecular weight excluding hydrogens is 412 g/mol. The van der Waals surface area contributed by atoms with E-state index < -0.39 is 17.1 Å². The highest BCUT2D eigenvalue weighted by molar-refractivity contribution is 5.67. The Hall–Kier alpha value is -1.63. The lowest BCUT2D eigenvalue weighted by atomic mass is 9.42. The van der Waals surface area contributed by atoms with Gasteiger partial charge in [0.05, 0.1) is 5.60 Å². The first-order valence-electron chi connectivity index (χ1n) is 12.2. The largest absolute Gasteiger partial charge is 0.462 e. The van der Waals surface area contributed by atoms with Crippen LogP contribution >= 0.6 is 0 Å². The monoisotopic (exact) mass is 450 g/mol. The fourth-order valence-corrected chi connectivity index (χ4v) is 8.25. The second-order valence-electron chi connectivity index (χ2n) is 11.2. The number of hydrogen-bond acceptors (Lipinski definition) is 7. The van der Waals surface area contributed by atoms with Gasteiger partial charge in [0, 0.05) is 38.0 Å². The summed E-state index contributed by atoms with van der Waals surface area (Å²) in [6, 6.07) is 0. The molecule has 0 aromatic carbocycles. The number of esters is 3. The number of rotatable bonds is 3. The molecule has 4 aliphatic rings. The van der Waals surface area contributed by atoms with Crippen LogP contribution in [0.5, 0.6) is 0 Å². The zero-order chi connectivity index (χ0) is 23.5. The van der Waals surface area contributed by atoms with Crippen LogP contribution < -0.4 is 0 Å². The van der Waals surface area contributed by atoms with Gasteiger partial charge in [-0.2, -0.15) is 0 Å². The summed E-state index contributed by atoms with van der Waals surface area (Å²) in [5.74, 6) is -0.531. The average molecular weight is 451 g/mol. The molecule has 0 aliphatic heterocycles. The van der Waals surface area contributed by atoms with E-state index in [1.54, 1.807) is 0 Å². The van der Waals surface area contributed by atoms with Crippen molar-refractivity contribution in [2.75, 3.05) is 0 Å². The number of aliphatic hydroxyl groups is 1.